The highest BCUT2D eigenvalue weighted by molar-refractivity contribution is 7.80. The molecule has 5 nitrogen and oxygen atoms in total. The zero-order valence-corrected chi connectivity index (χ0v) is 16.8. The van der Waals surface area contributed by atoms with Crippen LogP contribution < -0.4 is 16.0 Å². The fourth-order valence-corrected chi connectivity index (χ4v) is 2.70. The monoisotopic (exact) mass is 403 g/mol. The highest BCUT2D eigenvalue weighted by Gasteiger charge is 2.10. The highest BCUT2D eigenvalue weighted by Crippen LogP contribution is 2.17. The Morgan fingerprint density at radius 3 is 2.44 bits per heavy atom. The molecule has 3 N–H and O–H groups in total. The Hall–Kier alpha value is -2.44. The van der Waals surface area contributed by atoms with E-state index in [0.29, 0.717) is 28.4 Å². The SMILES string of the molecule is CCCCC(=O)Nc1cccc(NC(=S)NC(=O)c2ccc(C)c(Cl)c2)c1. The van der Waals surface area contributed by atoms with Crippen LogP contribution in [0.2, 0.25) is 5.02 Å². The topological polar surface area (TPSA) is 70.2 Å². The third kappa shape index (κ3) is 6.66. The maximum atomic E-state index is 12.3. The van der Waals surface area contributed by atoms with Crippen LogP contribution in [-0.4, -0.2) is 16.9 Å². The normalized spacial score (nSPS) is 10.2. The number of aryl methyl sites for hydroxylation is 1. The summed E-state index contributed by atoms with van der Waals surface area (Å²) in [5.74, 6) is -0.375. The zero-order chi connectivity index (χ0) is 19.8. The standard InChI is InChI=1S/C20H22ClN3O2S/c1-3-4-8-18(25)22-15-6-5-7-16(12-15)23-20(27)24-19(26)14-10-9-13(2)17(21)11-14/h5-7,9-12H,3-4,8H2,1-2H3,(H,22,25)(H2,23,24,26,27). The van der Waals surface area contributed by atoms with E-state index in [-0.39, 0.29) is 16.9 Å². The molecular weight excluding hydrogens is 382 g/mol. The average Bonchev–Trinajstić information content (AvgIpc) is 2.62. The van der Waals surface area contributed by atoms with E-state index < -0.39 is 0 Å². The van der Waals surface area contributed by atoms with E-state index in [0.717, 1.165) is 18.4 Å². The lowest BCUT2D eigenvalue weighted by molar-refractivity contribution is -0.116. The maximum absolute atomic E-state index is 12.3. The van der Waals surface area contributed by atoms with E-state index in [1.165, 1.54) is 0 Å². The van der Waals surface area contributed by atoms with Crippen LogP contribution in [0.5, 0.6) is 0 Å². The molecule has 0 saturated heterocycles. The largest absolute Gasteiger partial charge is 0.332 e. The van der Waals surface area contributed by atoms with Crippen LogP contribution in [0.1, 0.15) is 42.1 Å². The number of anilines is 2. The molecule has 0 spiro atoms. The van der Waals surface area contributed by atoms with Gasteiger partial charge in [0, 0.05) is 28.4 Å². The number of benzene rings is 2. The highest BCUT2D eigenvalue weighted by atomic mass is 35.5. The predicted molar refractivity (Wildman–Crippen MR) is 114 cm³/mol. The van der Waals surface area contributed by atoms with Gasteiger partial charge in [0.2, 0.25) is 5.91 Å². The molecule has 0 saturated carbocycles. The van der Waals surface area contributed by atoms with Crippen molar-refractivity contribution in [2.45, 2.75) is 33.1 Å². The van der Waals surface area contributed by atoms with Crippen molar-refractivity contribution < 1.29 is 9.59 Å². The van der Waals surface area contributed by atoms with Gasteiger partial charge >= 0.3 is 0 Å². The van der Waals surface area contributed by atoms with Crippen molar-refractivity contribution >= 4 is 52.1 Å². The quantitative estimate of drug-likeness (QED) is 0.599. The number of amides is 2. The number of carbonyl (C=O) groups is 2. The Morgan fingerprint density at radius 2 is 1.78 bits per heavy atom. The minimum Gasteiger partial charge on any atom is -0.332 e. The van der Waals surface area contributed by atoms with Gasteiger partial charge in [-0.3, -0.25) is 14.9 Å². The van der Waals surface area contributed by atoms with E-state index >= 15 is 0 Å². The number of hydrogen-bond donors (Lipinski definition) is 3. The molecule has 0 aliphatic heterocycles. The molecule has 2 aromatic rings. The van der Waals surface area contributed by atoms with Crippen LogP contribution in [0.3, 0.4) is 0 Å². The smallest absolute Gasteiger partial charge is 0.257 e. The Kier molecular flexibility index (Phi) is 7.76. The molecule has 0 bridgehead atoms. The summed E-state index contributed by atoms with van der Waals surface area (Å²) in [6.45, 7) is 3.90. The molecule has 0 radical (unpaired) electrons. The number of unbranched alkanes of at least 4 members (excludes halogenated alkanes) is 1. The second-order valence-electron chi connectivity index (χ2n) is 6.10. The number of halogens is 1. The van der Waals surface area contributed by atoms with Crippen LogP contribution >= 0.6 is 23.8 Å². The molecule has 0 atom stereocenters. The van der Waals surface area contributed by atoms with Crippen molar-refractivity contribution in [2.24, 2.45) is 0 Å². The van der Waals surface area contributed by atoms with Gasteiger partial charge in [-0.25, -0.2) is 0 Å². The Morgan fingerprint density at radius 1 is 1.07 bits per heavy atom. The Balaban J connectivity index is 1.95. The van der Waals surface area contributed by atoms with Crippen LogP contribution in [0.25, 0.3) is 0 Å². The summed E-state index contributed by atoms with van der Waals surface area (Å²) in [4.78, 5) is 24.1. The van der Waals surface area contributed by atoms with E-state index in [1.54, 1.807) is 42.5 Å². The van der Waals surface area contributed by atoms with Gasteiger partial charge in [-0.2, -0.15) is 0 Å². The summed E-state index contributed by atoms with van der Waals surface area (Å²) in [5.41, 5.74) is 2.65. The average molecular weight is 404 g/mol. The van der Waals surface area contributed by atoms with Crippen LogP contribution in [0.15, 0.2) is 42.5 Å². The molecule has 27 heavy (non-hydrogen) atoms. The number of thiocarbonyl (C=S) groups is 1. The Labute approximate surface area is 169 Å². The summed E-state index contributed by atoms with van der Waals surface area (Å²) in [5, 5.41) is 9.08. The summed E-state index contributed by atoms with van der Waals surface area (Å²) in [6, 6.07) is 12.2. The van der Waals surface area contributed by atoms with Gasteiger partial charge in [-0.15, -0.1) is 0 Å². The minimum absolute atomic E-state index is 0.0267. The zero-order valence-electron chi connectivity index (χ0n) is 15.3. The van der Waals surface area contributed by atoms with Crippen molar-refractivity contribution in [1.82, 2.24) is 5.32 Å². The molecule has 2 rings (SSSR count). The van der Waals surface area contributed by atoms with Crippen molar-refractivity contribution in [3.63, 3.8) is 0 Å². The van der Waals surface area contributed by atoms with Crippen LogP contribution in [0, 0.1) is 6.92 Å². The van der Waals surface area contributed by atoms with Crippen LogP contribution in [0.4, 0.5) is 11.4 Å². The summed E-state index contributed by atoms with van der Waals surface area (Å²) < 4.78 is 0. The van der Waals surface area contributed by atoms with E-state index in [4.69, 9.17) is 23.8 Å². The number of carbonyl (C=O) groups excluding carboxylic acids is 2. The lowest BCUT2D eigenvalue weighted by Crippen LogP contribution is -2.34. The molecule has 0 heterocycles. The van der Waals surface area contributed by atoms with Gasteiger partial charge in [0.05, 0.1) is 0 Å². The van der Waals surface area contributed by atoms with Gasteiger partial charge in [0.15, 0.2) is 5.11 Å². The van der Waals surface area contributed by atoms with Gasteiger partial charge in [0.1, 0.15) is 0 Å². The minimum atomic E-state index is -0.349. The molecule has 0 unspecified atom stereocenters. The fourth-order valence-electron chi connectivity index (χ4n) is 2.31. The van der Waals surface area contributed by atoms with E-state index in [1.807, 2.05) is 13.8 Å². The number of nitrogens with one attached hydrogen (secondary N) is 3. The van der Waals surface area contributed by atoms with Crippen molar-refractivity contribution in [3.8, 4) is 0 Å². The van der Waals surface area contributed by atoms with Gasteiger partial charge in [-0.1, -0.05) is 37.1 Å². The van der Waals surface area contributed by atoms with Crippen molar-refractivity contribution in [3.05, 3.63) is 58.6 Å². The second-order valence-corrected chi connectivity index (χ2v) is 6.92. The first-order chi connectivity index (χ1) is 12.9. The first-order valence-electron chi connectivity index (χ1n) is 8.67. The summed E-state index contributed by atoms with van der Waals surface area (Å²) >= 11 is 11.2. The summed E-state index contributed by atoms with van der Waals surface area (Å²) in [6.07, 6.45) is 2.31. The maximum Gasteiger partial charge on any atom is 0.257 e. The third-order valence-corrected chi connectivity index (χ3v) is 4.43. The lowest BCUT2D eigenvalue weighted by atomic mass is 10.1. The molecular formula is C20H22ClN3O2S. The molecule has 2 aromatic carbocycles. The molecule has 142 valence electrons. The molecule has 2 amide bonds. The van der Waals surface area contributed by atoms with Crippen LogP contribution in [-0.2, 0) is 4.79 Å². The van der Waals surface area contributed by atoms with Crippen molar-refractivity contribution in [1.29, 1.82) is 0 Å². The second kappa shape index (κ2) is 10.0. The predicted octanol–water partition coefficient (Wildman–Crippen LogP) is 4.90. The van der Waals surface area contributed by atoms with Crippen molar-refractivity contribution in [2.75, 3.05) is 10.6 Å². The third-order valence-electron chi connectivity index (χ3n) is 3.82. The fraction of sp³-hybridized carbons (Fsp3) is 0.250. The van der Waals surface area contributed by atoms with Gasteiger partial charge < -0.3 is 10.6 Å². The molecule has 0 aliphatic carbocycles. The first kappa shape index (κ1) is 20.9. The molecule has 7 heteroatoms. The van der Waals surface area contributed by atoms with Gasteiger partial charge in [-0.05, 0) is 61.5 Å². The first-order valence-corrected chi connectivity index (χ1v) is 9.46. The Bertz CT molecular complexity index is 855. The molecule has 0 fully saturated rings. The number of rotatable bonds is 6. The summed E-state index contributed by atoms with van der Waals surface area (Å²) in [7, 11) is 0. The number of hydrogen-bond acceptors (Lipinski definition) is 3. The molecule has 0 aliphatic rings. The van der Waals surface area contributed by atoms with Gasteiger partial charge in [0.25, 0.3) is 5.91 Å². The van der Waals surface area contributed by atoms with E-state index in [9.17, 15) is 9.59 Å². The molecule has 0 aromatic heterocycles. The lowest BCUT2D eigenvalue weighted by Gasteiger charge is -2.12. The van der Waals surface area contributed by atoms with E-state index in [2.05, 4.69) is 16.0 Å².